The first-order valence-corrected chi connectivity index (χ1v) is 14.2. The summed E-state index contributed by atoms with van der Waals surface area (Å²) in [5.41, 5.74) is 3.38. The van der Waals surface area contributed by atoms with Crippen LogP contribution >= 0.6 is 0 Å². The highest BCUT2D eigenvalue weighted by Crippen LogP contribution is 2.49. The molecule has 0 spiro atoms. The van der Waals surface area contributed by atoms with E-state index in [2.05, 4.69) is 0 Å². The number of methoxy groups -OCH3 is 2. The number of carbonyl (C=O) groups excluding carboxylic acids is 2. The van der Waals surface area contributed by atoms with Crippen LogP contribution in [-0.4, -0.2) is 74.6 Å². The van der Waals surface area contributed by atoms with Gasteiger partial charge in [-0.25, -0.2) is 0 Å². The second kappa shape index (κ2) is 10.8. The maximum absolute atomic E-state index is 14.3. The van der Waals surface area contributed by atoms with Gasteiger partial charge in [-0.2, -0.15) is 0 Å². The topological polar surface area (TPSA) is 96.0 Å². The average molecular weight is 585 g/mol. The summed E-state index contributed by atoms with van der Waals surface area (Å²) in [4.78, 5) is 31.2. The Kier molecular flexibility index (Phi) is 6.76. The van der Waals surface area contributed by atoms with E-state index in [1.54, 1.807) is 21.1 Å². The van der Waals surface area contributed by atoms with Crippen molar-refractivity contribution < 1.29 is 38.0 Å². The second-order valence-electron chi connectivity index (χ2n) is 11.0. The van der Waals surface area contributed by atoms with Gasteiger partial charge in [0.25, 0.3) is 5.91 Å². The molecule has 3 aromatic rings. The third-order valence-corrected chi connectivity index (χ3v) is 8.62. The molecule has 7 rings (SSSR count). The van der Waals surface area contributed by atoms with Crippen molar-refractivity contribution in [2.24, 2.45) is 0 Å². The molecule has 10 heteroatoms. The minimum Gasteiger partial charge on any atom is -0.493 e. The van der Waals surface area contributed by atoms with Gasteiger partial charge in [-0.3, -0.25) is 9.59 Å². The third kappa shape index (κ3) is 4.67. The predicted octanol–water partition coefficient (Wildman–Crippen LogP) is 4.01. The van der Waals surface area contributed by atoms with Crippen molar-refractivity contribution in [2.75, 3.05) is 40.9 Å². The highest BCUT2D eigenvalue weighted by atomic mass is 16.7. The monoisotopic (exact) mass is 584 g/mol. The largest absolute Gasteiger partial charge is 0.493 e. The third-order valence-electron chi connectivity index (χ3n) is 8.62. The average Bonchev–Trinajstić information content (AvgIpc) is 3.75. The molecule has 43 heavy (non-hydrogen) atoms. The number of rotatable bonds is 6. The molecule has 4 aliphatic heterocycles. The van der Waals surface area contributed by atoms with Crippen molar-refractivity contribution in [1.29, 1.82) is 0 Å². The zero-order valence-electron chi connectivity index (χ0n) is 24.2. The summed E-state index contributed by atoms with van der Waals surface area (Å²) in [6.07, 6.45) is 2.47. The van der Waals surface area contributed by atoms with Gasteiger partial charge < -0.3 is 38.2 Å². The molecule has 4 aliphatic rings. The van der Waals surface area contributed by atoms with Crippen molar-refractivity contribution in [2.45, 2.75) is 31.3 Å². The summed E-state index contributed by atoms with van der Waals surface area (Å²) in [6, 6.07) is 16.9. The number of benzene rings is 3. The lowest BCUT2D eigenvalue weighted by atomic mass is 9.85. The molecule has 0 saturated carbocycles. The Morgan fingerprint density at radius 3 is 2.26 bits per heavy atom. The molecule has 222 valence electrons. The number of fused-ring (bicyclic) bond motifs is 3. The molecule has 0 aromatic heterocycles. The van der Waals surface area contributed by atoms with Gasteiger partial charge in [0, 0.05) is 31.5 Å². The summed E-state index contributed by atoms with van der Waals surface area (Å²) in [5, 5.41) is 0. The fourth-order valence-corrected chi connectivity index (χ4v) is 6.68. The quantitative estimate of drug-likeness (QED) is 0.401. The van der Waals surface area contributed by atoms with Crippen LogP contribution in [0.25, 0.3) is 6.08 Å². The zero-order valence-corrected chi connectivity index (χ0v) is 24.2. The van der Waals surface area contributed by atoms with Crippen LogP contribution in [0, 0.1) is 0 Å². The van der Waals surface area contributed by atoms with Gasteiger partial charge in [0.2, 0.25) is 31.0 Å². The molecule has 2 fully saturated rings. The van der Waals surface area contributed by atoms with Crippen molar-refractivity contribution in [3.8, 4) is 34.5 Å². The van der Waals surface area contributed by atoms with E-state index in [1.165, 1.54) is 0 Å². The Morgan fingerprint density at radius 1 is 0.907 bits per heavy atom. The summed E-state index contributed by atoms with van der Waals surface area (Å²) in [7, 11) is 3.17. The highest BCUT2D eigenvalue weighted by molar-refractivity contribution is 6.03. The van der Waals surface area contributed by atoms with Gasteiger partial charge in [0.05, 0.1) is 26.3 Å². The lowest BCUT2D eigenvalue weighted by Crippen LogP contribution is -2.59. The minimum absolute atomic E-state index is 0.0488. The molecular weight excluding hydrogens is 552 g/mol. The van der Waals surface area contributed by atoms with Crippen molar-refractivity contribution in [3.63, 3.8) is 0 Å². The number of carbonyl (C=O) groups is 2. The van der Waals surface area contributed by atoms with E-state index in [0.717, 1.165) is 16.7 Å². The van der Waals surface area contributed by atoms with Crippen LogP contribution in [-0.2, 0) is 16.0 Å². The fraction of sp³-hybridized carbons (Fsp3) is 0.333. The van der Waals surface area contributed by atoms with E-state index in [-0.39, 0.29) is 43.4 Å². The molecule has 0 unspecified atom stereocenters. The standard InChI is InChI=1S/C33H32N2O8/c1-19(36)34-16-25-30(22-13-27(39-3)32-29(14-22)41-18-43-32)24(10-20-7-5-4-6-8-20)33(37)35(25)15-23(34)9-21-11-26(38-2)31-28(12-21)40-17-42-31/h4-8,10-14,23,25,30H,9,15-18H2,1-3H3/b24-10+/t23-,25+,30-/m0/s1. The molecule has 4 heterocycles. The molecule has 0 aliphatic carbocycles. The van der Waals surface area contributed by atoms with E-state index in [9.17, 15) is 9.59 Å². The Labute approximate surface area is 249 Å². The fourth-order valence-electron chi connectivity index (χ4n) is 6.68. The summed E-state index contributed by atoms with van der Waals surface area (Å²) >= 11 is 0. The zero-order chi connectivity index (χ0) is 29.7. The van der Waals surface area contributed by atoms with Crippen LogP contribution in [0.1, 0.15) is 29.5 Å². The Balaban J connectivity index is 1.28. The van der Waals surface area contributed by atoms with Gasteiger partial charge in [-0.15, -0.1) is 0 Å². The smallest absolute Gasteiger partial charge is 0.250 e. The first kappa shape index (κ1) is 27.0. The molecule has 0 N–H and O–H groups in total. The number of amides is 2. The second-order valence-corrected chi connectivity index (χ2v) is 11.0. The van der Waals surface area contributed by atoms with Crippen molar-refractivity contribution in [3.05, 3.63) is 76.9 Å². The van der Waals surface area contributed by atoms with E-state index in [4.69, 9.17) is 28.4 Å². The molecule has 2 saturated heterocycles. The van der Waals surface area contributed by atoms with Gasteiger partial charge in [0.15, 0.2) is 23.0 Å². The first-order chi connectivity index (χ1) is 20.9. The number of piperazine rings is 1. The lowest BCUT2D eigenvalue weighted by Gasteiger charge is -2.44. The van der Waals surface area contributed by atoms with Gasteiger partial charge in [0.1, 0.15) is 0 Å². The van der Waals surface area contributed by atoms with Crippen molar-refractivity contribution >= 4 is 17.9 Å². The highest BCUT2D eigenvalue weighted by Gasteiger charge is 2.50. The van der Waals surface area contributed by atoms with Crippen LogP contribution in [0.4, 0.5) is 0 Å². The molecular formula is C33H32N2O8. The number of hydrogen-bond acceptors (Lipinski definition) is 8. The van der Waals surface area contributed by atoms with Crippen LogP contribution in [0.3, 0.4) is 0 Å². The van der Waals surface area contributed by atoms with Crippen LogP contribution in [0.5, 0.6) is 34.5 Å². The molecule has 0 radical (unpaired) electrons. The minimum atomic E-state index is -0.329. The van der Waals surface area contributed by atoms with Crippen LogP contribution < -0.4 is 28.4 Å². The summed E-state index contributed by atoms with van der Waals surface area (Å²) < 4.78 is 33.8. The summed E-state index contributed by atoms with van der Waals surface area (Å²) in [6.45, 7) is 2.57. The number of nitrogens with zero attached hydrogens (tertiary/aromatic N) is 2. The normalized spacial score (nSPS) is 22.6. The Bertz CT molecular complexity index is 1620. The van der Waals surface area contributed by atoms with Gasteiger partial charge >= 0.3 is 0 Å². The van der Waals surface area contributed by atoms with E-state index in [0.29, 0.717) is 59.6 Å². The lowest BCUT2D eigenvalue weighted by molar-refractivity contribution is -0.140. The van der Waals surface area contributed by atoms with Gasteiger partial charge in [-0.05, 0) is 53.5 Å². The molecule has 0 bridgehead atoms. The van der Waals surface area contributed by atoms with E-state index in [1.807, 2.05) is 70.5 Å². The maximum Gasteiger partial charge on any atom is 0.250 e. The van der Waals surface area contributed by atoms with E-state index >= 15 is 0 Å². The molecule has 3 aromatic carbocycles. The van der Waals surface area contributed by atoms with Gasteiger partial charge in [-0.1, -0.05) is 30.3 Å². The van der Waals surface area contributed by atoms with Crippen molar-refractivity contribution in [1.82, 2.24) is 9.80 Å². The molecule has 3 atom stereocenters. The maximum atomic E-state index is 14.3. The molecule has 2 amide bonds. The predicted molar refractivity (Wildman–Crippen MR) is 156 cm³/mol. The first-order valence-electron chi connectivity index (χ1n) is 14.2. The SMILES string of the molecule is COc1cc(C[C@H]2CN3C(=O)/C(=C/c4ccccc4)[C@H](c4cc(OC)c5c(c4)OCO5)[C@H]3CN2C(C)=O)cc2c1OCO2. The van der Waals surface area contributed by atoms with Crippen LogP contribution in [0.15, 0.2) is 60.2 Å². The molecule has 10 nitrogen and oxygen atoms in total. The Morgan fingerprint density at radius 2 is 1.58 bits per heavy atom. The van der Waals surface area contributed by atoms with E-state index < -0.39 is 0 Å². The number of hydrogen-bond donors (Lipinski definition) is 0. The Hall–Kier alpha value is -4.86. The van der Waals surface area contributed by atoms with Crippen LogP contribution in [0.2, 0.25) is 0 Å². The summed E-state index contributed by atoms with van der Waals surface area (Å²) in [5.74, 6) is 3.01. The number of ether oxygens (including phenoxy) is 6.